The Balaban J connectivity index is 1.03. The number of methoxy groups -OCH3 is 2. The number of esters is 1. The zero-order valence-corrected chi connectivity index (χ0v) is 43.3. The van der Waals surface area contributed by atoms with Gasteiger partial charge in [0.1, 0.15) is 41.5 Å². The molecule has 0 aromatic carbocycles. The lowest BCUT2D eigenvalue weighted by molar-refractivity contribution is -0.329. The van der Waals surface area contributed by atoms with E-state index in [-0.39, 0.29) is 36.9 Å². The van der Waals surface area contributed by atoms with Gasteiger partial charge in [0.25, 0.3) is 0 Å². The van der Waals surface area contributed by atoms with Gasteiger partial charge in [0, 0.05) is 74.8 Å². The molecule has 1 aromatic rings. The number of hydrogen-bond acceptors (Lipinski definition) is 16. The lowest BCUT2D eigenvalue weighted by Gasteiger charge is -2.48. The number of carbonyl (C=O) groups excluding carboxylic acids is 1. The molecule has 0 amide bonds. The van der Waals surface area contributed by atoms with Gasteiger partial charge >= 0.3 is 5.97 Å². The van der Waals surface area contributed by atoms with Crippen LogP contribution in [0.1, 0.15) is 93.9 Å². The number of nitrogens with zero attached hydrogens (tertiary/aromatic N) is 1. The summed E-state index contributed by atoms with van der Waals surface area (Å²) in [5, 5.41) is 35.7. The summed E-state index contributed by atoms with van der Waals surface area (Å²) in [7, 11) is 3.25. The average Bonchev–Trinajstić information content (AvgIpc) is 3.68. The molecular weight excluding hydrogens is 919 g/mol. The molecule has 0 radical (unpaired) electrons. The van der Waals surface area contributed by atoms with E-state index < -0.39 is 102 Å². The van der Waals surface area contributed by atoms with Gasteiger partial charge in [-0.3, -0.25) is 9.78 Å². The van der Waals surface area contributed by atoms with Crippen LogP contribution < -0.4 is 0 Å². The molecule has 1 unspecified atom stereocenters. The maximum absolute atomic E-state index is 14.4. The third-order valence-electron chi connectivity index (χ3n) is 16.0. The van der Waals surface area contributed by atoms with Crippen LogP contribution in [0.25, 0.3) is 0 Å². The minimum Gasteiger partial charge on any atom is -0.462 e. The highest BCUT2D eigenvalue weighted by atomic mass is 32.2. The summed E-state index contributed by atoms with van der Waals surface area (Å²) in [6.07, 6.45) is 12.1. The molecule has 15 nitrogen and oxygen atoms in total. The minimum absolute atomic E-state index is 0.0235. The van der Waals surface area contributed by atoms with Crippen LogP contribution in [-0.2, 0) is 52.2 Å². The van der Waals surface area contributed by atoms with E-state index in [9.17, 15) is 20.1 Å². The molecule has 20 atom stereocenters. The maximum atomic E-state index is 14.4. The van der Waals surface area contributed by atoms with Crippen molar-refractivity contribution in [2.75, 3.05) is 26.6 Å². The number of aliphatic hydroxyl groups is 3. The maximum Gasteiger partial charge on any atom is 0.316 e. The molecule has 4 saturated heterocycles. The van der Waals surface area contributed by atoms with Crippen molar-refractivity contribution in [3.05, 3.63) is 83.8 Å². The Hall–Kier alpha value is -2.81. The molecule has 70 heavy (non-hydrogen) atoms. The number of aromatic nitrogens is 1. The topological polar surface area (TPSA) is 183 Å². The average molecular weight is 996 g/mol. The first-order valence-corrected chi connectivity index (χ1v) is 26.3. The van der Waals surface area contributed by atoms with Gasteiger partial charge in [-0.1, -0.05) is 70.6 Å². The van der Waals surface area contributed by atoms with Crippen LogP contribution in [0, 0.1) is 23.7 Å². The first-order chi connectivity index (χ1) is 33.4. The van der Waals surface area contributed by atoms with E-state index in [1.807, 2.05) is 51.1 Å². The predicted molar refractivity (Wildman–Crippen MR) is 261 cm³/mol. The Kier molecular flexibility index (Phi) is 17.1. The van der Waals surface area contributed by atoms with Crippen LogP contribution >= 0.6 is 11.8 Å². The van der Waals surface area contributed by atoms with Gasteiger partial charge in [0.2, 0.25) is 0 Å². The van der Waals surface area contributed by atoms with Crippen molar-refractivity contribution in [3.63, 3.8) is 0 Å². The highest BCUT2D eigenvalue weighted by molar-refractivity contribution is 7.99. The third-order valence-corrected chi connectivity index (χ3v) is 17.2. The highest BCUT2D eigenvalue weighted by Gasteiger charge is 2.60. The van der Waals surface area contributed by atoms with Gasteiger partial charge in [0.15, 0.2) is 18.4 Å². The Morgan fingerprint density at radius 2 is 1.69 bits per heavy atom. The van der Waals surface area contributed by atoms with Crippen LogP contribution in [0.5, 0.6) is 0 Å². The van der Waals surface area contributed by atoms with Crippen molar-refractivity contribution >= 4 is 17.7 Å². The number of hydrogen-bond donors (Lipinski definition) is 3. The highest BCUT2D eigenvalue weighted by Crippen LogP contribution is 2.47. The Labute approximate surface area is 418 Å². The number of pyridine rings is 1. The third kappa shape index (κ3) is 11.0. The number of thioether (sulfide) groups is 1. The molecule has 1 aromatic heterocycles. The number of allylic oxidation sites excluding steroid dienone is 2. The Morgan fingerprint density at radius 1 is 0.929 bits per heavy atom. The van der Waals surface area contributed by atoms with Crippen molar-refractivity contribution in [2.24, 2.45) is 23.7 Å². The molecule has 16 heteroatoms. The molecular formula is C54H77NO14S. The fraction of sp³-hybridized carbons (Fsp3) is 0.704. The first-order valence-electron chi connectivity index (χ1n) is 25.3. The second-order valence-electron chi connectivity index (χ2n) is 20.8. The Bertz CT molecular complexity index is 2120. The standard InChI is InChI=1S/C54H77NO14S/c1-11-30(2)48-33(5)17-20-52(69-48)27-39-24-38(68-52)16-15-32(4)47(31(3)13-12-14-37-28-62-50-46(56)34(6)23-41(51(57)65-39)54(37,50)59)66-44-25-42(60-9)49(35(7)63-44)67-45-26-43(61-10)53(58,36(8)64-45)29-70-40-18-21-55-22-19-40/h12-15,17-23,30-31,33,35-36,38-39,41-50,56,58-59H,11,16,24-29H2,1-10H3/b13-12+,32-15+,37-14+/t30?,31-,33-,35-,36-,38+,39-,41-,42-,43-,44-,45-,46+,47-,48+,49-,50+,52+,53+,54+/m0/s1. The molecule has 2 bridgehead atoms. The lowest BCUT2D eigenvalue weighted by atomic mass is 9.71. The SMILES string of the molecule is CCC(C)[C@H]1O[C@]2(C=C[C@@H]1C)C[C@@H]1C[C@@H](C/C=C(\C)[C@@H](O[C@H]3C[C@H](OC)[C@@H](O[C@H]4C[C@H](OC)[C@@](O)(CSc5ccncc5)[C@H](C)O4)[C@H](C)O3)[C@@H](C)/C=C/C=C3\CO[C@@H]4[C@H](O)C(C)=C[C@@H](C(=O)O1)[C@]34O)O2. The molecule has 1 spiro atoms. The summed E-state index contributed by atoms with van der Waals surface area (Å²) >= 11 is 1.52. The van der Waals surface area contributed by atoms with Crippen LogP contribution in [0.3, 0.4) is 0 Å². The molecule has 3 N–H and O–H groups in total. The quantitative estimate of drug-likeness (QED) is 0.118. The fourth-order valence-electron chi connectivity index (χ4n) is 11.5. The van der Waals surface area contributed by atoms with Crippen LogP contribution in [0.4, 0.5) is 0 Å². The molecule has 7 aliphatic rings. The summed E-state index contributed by atoms with van der Waals surface area (Å²) in [6, 6.07) is 3.81. The fourth-order valence-corrected chi connectivity index (χ4v) is 12.6. The van der Waals surface area contributed by atoms with E-state index in [1.54, 1.807) is 45.7 Å². The van der Waals surface area contributed by atoms with E-state index in [0.29, 0.717) is 42.6 Å². The first kappa shape index (κ1) is 53.5. The largest absolute Gasteiger partial charge is 0.462 e. The van der Waals surface area contributed by atoms with E-state index >= 15 is 0 Å². The smallest absolute Gasteiger partial charge is 0.316 e. The Morgan fingerprint density at radius 3 is 2.41 bits per heavy atom. The molecule has 6 aliphatic heterocycles. The molecule has 0 saturated carbocycles. The predicted octanol–water partition coefficient (Wildman–Crippen LogP) is 6.93. The number of aliphatic hydroxyl groups excluding tert-OH is 1. The van der Waals surface area contributed by atoms with Crippen molar-refractivity contribution in [2.45, 2.75) is 196 Å². The number of carbonyl (C=O) groups is 1. The second kappa shape index (κ2) is 22.3. The summed E-state index contributed by atoms with van der Waals surface area (Å²) < 4.78 is 65.0. The molecule has 8 rings (SSSR count). The molecule has 7 heterocycles. The van der Waals surface area contributed by atoms with Crippen LogP contribution in [-0.4, -0.2) is 150 Å². The monoisotopic (exact) mass is 996 g/mol. The summed E-state index contributed by atoms with van der Waals surface area (Å²) in [4.78, 5) is 19.5. The van der Waals surface area contributed by atoms with E-state index in [1.165, 1.54) is 11.8 Å². The van der Waals surface area contributed by atoms with E-state index in [4.69, 9.17) is 47.4 Å². The van der Waals surface area contributed by atoms with Crippen LogP contribution in [0.15, 0.2) is 88.7 Å². The van der Waals surface area contributed by atoms with Gasteiger partial charge in [0.05, 0.1) is 49.3 Å². The van der Waals surface area contributed by atoms with Gasteiger partial charge in [-0.05, 0) is 75.0 Å². The van der Waals surface area contributed by atoms with Crippen molar-refractivity contribution in [1.82, 2.24) is 4.98 Å². The molecule has 1 aliphatic carbocycles. The minimum atomic E-state index is -1.85. The number of ether oxygens (including phenoxy) is 10. The van der Waals surface area contributed by atoms with Gasteiger partial charge in [-0.2, -0.15) is 0 Å². The van der Waals surface area contributed by atoms with Gasteiger partial charge < -0.3 is 62.7 Å². The molecule has 388 valence electrons. The summed E-state index contributed by atoms with van der Waals surface area (Å²) in [5.74, 6) is -2.27. The van der Waals surface area contributed by atoms with Gasteiger partial charge in [-0.15, -0.1) is 11.8 Å². The van der Waals surface area contributed by atoms with Crippen molar-refractivity contribution < 1.29 is 67.5 Å². The van der Waals surface area contributed by atoms with Crippen molar-refractivity contribution in [1.29, 1.82) is 0 Å². The van der Waals surface area contributed by atoms with E-state index in [0.717, 1.165) is 16.9 Å². The zero-order valence-electron chi connectivity index (χ0n) is 42.5. The van der Waals surface area contributed by atoms with Crippen LogP contribution in [0.2, 0.25) is 0 Å². The molecule has 4 fully saturated rings. The number of fused-ring (bicyclic) bond motifs is 2. The second-order valence-corrected chi connectivity index (χ2v) is 21.9. The normalized spacial score (nSPS) is 45.9. The van der Waals surface area contributed by atoms with Gasteiger partial charge in [-0.25, -0.2) is 0 Å². The van der Waals surface area contributed by atoms with Crippen molar-refractivity contribution in [3.8, 4) is 0 Å². The van der Waals surface area contributed by atoms with E-state index in [2.05, 4.69) is 44.8 Å². The summed E-state index contributed by atoms with van der Waals surface area (Å²) in [5.41, 5.74) is -1.17. The zero-order chi connectivity index (χ0) is 50.1. The summed E-state index contributed by atoms with van der Waals surface area (Å²) in [6.45, 7) is 16.1. The lowest BCUT2D eigenvalue weighted by Crippen LogP contribution is -2.62. The number of rotatable bonds is 11.